The number of allylic oxidation sites excluding steroid dienone is 1. The SMILES string of the molecule is C[N+]1=C(/C=C/c2ccc3c(ccc[n+]3C)c2)C(C)(C)c2ccccc21.O=S(=O)([O-])C(F)(F)F.[I-]. The predicted octanol–water partition coefficient (Wildman–Crippen LogP) is 1.44. The molecule has 0 bridgehead atoms. The fraction of sp³-hybridized carbons (Fsp3) is 0.250. The Kier molecular flexibility index (Phi) is 8.32. The summed E-state index contributed by atoms with van der Waals surface area (Å²) in [6.45, 7) is 4.60. The lowest BCUT2D eigenvalue weighted by molar-refractivity contribution is -0.644. The van der Waals surface area contributed by atoms with Gasteiger partial charge < -0.3 is 28.5 Å². The van der Waals surface area contributed by atoms with Crippen molar-refractivity contribution >= 4 is 38.5 Å². The van der Waals surface area contributed by atoms with Crippen LogP contribution in [0.1, 0.15) is 25.0 Å². The van der Waals surface area contributed by atoms with Gasteiger partial charge >= 0.3 is 5.51 Å². The minimum Gasteiger partial charge on any atom is -1.00 e. The fourth-order valence-corrected chi connectivity index (χ4v) is 3.96. The van der Waals surface area contributed by atoms with E-state index in [0.717, 1.165) is 0 Å². The summed E-state index contributed by atoms with van der Waals surface area (Å²) >= 11 is 0. The molecular formula is C24H24F3IN2O3S. The van der Waals surface area contributed by atoms with Crippen LogP contribution in [0.2, 0.25) is 0 Å². The molecule has 2 heterocycles. The normalized spacial score (nSPS) is 15.1. The number of hydrogen-bond donors (Lipinski definition) is 0. The third-order valence-electron chi connectivity index (χ3n) is 5.67. The van der Waals surface area contributed by atoms with Gasteiger partial charge in [0.05, 0.1) is 5.41 Å². The van der Waals surface area contributed by atoms with Crippen molar-refractivity contribution in [3.05, 3.63) is 78.0 Å². The fourth-order valence-electron chi connectivity index (χ4n) is 3.96. The van der Waals surface area contributed by atoms with E-state index in [-0.39, 0.29) is 29.4 Å². The Morgan fingerprint density at radius 1 is 0.971 bits per heavy atom. The van der Waals surface area contributed by atoms with Crippen molar-refractivity contribution in [3.63, 3.8) is 0 Å². The molecule has 1 aromatic heterocycles. The molecule has 4 rings (SSSR count). The third kappa shape index (κ3) is 5.66. The first kappa shape index (κ1) is 27.9. The Bertz CT molecular complexity index is 1380. The number of para-hydroxylation sites is 1. The van der Waals surface area contributed by atoms with Crippen LogP contribution in [0.15, 0.2) is 66.9 Å². The summed E-state index contributed by atoms with van der Waals surface area (Å²) in [5.74, 6) is 0. The Hall–Kier alpha value is -2.31. The molecule has 0 saturated carbocycles. The average molecular weight is 604 g/mol. The molecular weight excluding hydrogens is 580 g/mol. The van der Waals surface area contributed by atoms with Gasteiger partial charge in [0.1, 0.15) is 14.1 Å². The van der Waals surface area contributed by atoms with Gasteiger partial charge in [0.25, 0.3) is 0 Å². The van der Waals surface area contributed by atoms with Crippen LogP contribution in [-0.2, 0) is 22.6 Å². The Labute approximate surface area is 214 Å². The van der Waals surface area contributed by atoms with E-state index in [4.69, 9.17) is 13.0 Å². The van der Waals surface area contributed by atoms with Crippen molar-refractivity contribution in [1.82, 2.24) is 0 Å². The molecule has 0 radical (unpaired) electrons. The van der Waals surface area contributed by atoms with Gasteiger partial charge in [-0.15, -0.1) is 0 Å². The molecule has 0 aliphatic carbocycles. The van der Waals surface area contributed by atoms with Crippen molar-refractivity contribution in [1.29, 1.82) is 0 Å². The van der Waals surface area contributed by atoms with Gasteiger partial charge in [-0.1, -0.05) is 18.2 Å². The van der Waals surface area contributed by atoms with E-state index in [2.05, 4.69) is 110 Å². The van der Waals surface area contributed by atoms with Crippen LogP contribution >= 0.6 is 0 Å². The summed E-state index contributed by atoms with van der Waals surface area (Å²) in [5, 5.41) is 1.26. The van der Waals surface area contributed by atoms with E-state index in [9.17, 15) is 13.2 Å². The maximum Gasteiger partial charge on any atom is 0.485 e. The van der Waals surface area contributed by atoms with Gasteiger partial charge in [-0.25, -0.2) is 13.0 Å². The van der Waals surface area contributed by atoms with E-state index >= 15 is 0 Å². The summed E-state index contributed by atoms with van der Waals surface area (Å²) in [5.41, 5.74) is 0.871. The smallest absolute Gasteiger partial charge is 0.485 e. The van der Waals surface area contributed by atoms with Gasteiger partial charge in [-0.3, -0.25) is 0 Å². The quantitative estimate of drug-likeness (QED) is 0.193. The zero-order valence-electron chi connectivity index (χ0n) is 19.0. The molecule has 10 heteroatoms. The first-order valence-electron chi connectivity index (χ1n) is 10.0. The summed E-state index contributed by atoms with van der Waals surface area (Å²) in [7, 11) is -1.85. The lowest BCUT2D eigenvalue weighted by Crippen LogP contribution is -3.00. The molecule has 5 nitrogen and oxygen atoms in total. The van der Waals surface area contributed by atoms with Crippen LogP contribution in [0.25, 0.3) is 17.0 Å². The van der Waals surface area contributed by atoms with Crippen LogP contribution in [0.4, 0.5) is 18.9 Å². The summed E-state index contributed by atoms with van der Waals surface area (Å²) in [6, 6.07) is 19.6. The summed E-state index contributed by atoms with van der Waals surface area (Å²) in [4.78, 5) is 0. The van der Waals surface area contributed by atoms with E-state index in [1.165, 1.54) is 33.4 Å². The second kappa shape index (κ2) is 10.1. The number of pyridine rings is 1. The number of hydrogen-bond acceptors (Lipinski definition) is 3. The van der Waals surface area contributed by atoms with Gasteiger partial charge in [0, 0.05) is 35.2 Å². The Balaban J connectivity index is 0.000000394. The average Bonchev–Trinajstić information content (AvgIpc) is 2.91. The van der Waals surface area contributed by atoms with Crippen molar-refractivity contribution in [2.45, 2.75) is 24.8 Å². The lowest BCUT2D eigenvalue weighted by Gasteiger charge is -2.15. The monoisotopic (exact) mass is 604 g/mol. The number of aromatic nitrogens is 1. The number of fused-ring (bicyclic) bond motifs is 2. The van der Waals surface area contributed by atoms with Gasteiger partial charge in [0.2, 0.25) is 11.2 Å². The maximum absolute atomic E-state index is 10.7. The van der Waals surface area contributed by atoms with Crippen LogP contribution < -0.4 is 28.5 Å². The second-order valence-corrected chi connectivity index (χ2v) is 9.63. The van der Waals surface area contributed by atoms with Gasteiger partial charge in [-0.2, -0.15) is 17.7 Å². The number of alkyl halides is 3. The van der Waals surface area contributed by atoms with E-state index in [0.29, 0.717) is 0 Å². The maximum atomic E-state index is 10.7. The number of nitrogens with zero attached hydrogens (tertiary/aromatic N) is 2. The molecule has 34 heavy (non-hydrogen) atoms. The highest BCUT2D eigenvalue weighted by molar-refractivity contribution is 7.86. The molecule has 0 unspecified atom stereocenters. The number of benzene rings is 2. The van der Waals surface area contributed by atoms with Gasteiger partial charge in [-0.05, 0) is 43.7 Å². The van der Waals surface area contributed by atoms with E-state index < -0.39 is 15.6 Å². The van der Waals surface area contributed by atoms with Crippen molar-refractivity contribution in [2.24, 2.45) is 7.05 Å². The first-order chi connectivity index (χ1) is 15.2. The van der Waals surface area contributed by atoms with Crippen LogP contribution in [-0.4, -0.2) is 35.8 Å². The topological polar surface area (TPSA) is 64.1 Å². The largest absolute Gasteiger partial charge is 1.00 e. The highest BCUT2D eigenvalue weighted by Crippen LogP contribution is 2.39. The molecule has 1 aliphatic heterocycles. The highest BCUT2D eigenvalue weighted by atomic mass is 127. The molecule has 182 valence electrons. The molecule has 0 N–H and O–H groups in total. The molecule has 0 atom stereocenters. The van der Waals surface area contributed by atoms with Crippen molar-refractivity contribution in [2.75, 3.05) is 7.05 Å². The molecule has 3 aromatic rings. The van der Waals surface area contributed by atoms with E-state index in [1.54, 1.807) is 0 Å². The molecule has 2 aromatic carbocycles. The number of rotatable bonds is 2. The molecule has 0 amide bonds. The number of aryl methyl sites for hydroxylation is 1. The first-order valence-corrected chi connectivity index (χ1v) is 11.4. The van der Waals surface area contributed by atoms with Crippen molar-refractivity contribution in [3.8, 4) is 0 Å². The van der Waals surface area contributed by atoms with Crippen molar-refractivity contribution < 1.29 is 59.3 Å². The molecule has 1 aliphatic rings. The lowest BCUT2D eigenvalue weighted by atomic mass is 9.81. The van der Waals surface area contributed by atoms with E-state index in [1.807, 2.05) is 0 Å². The van der Waals surface area contributed by atoms with Crippen LogP contribution in [0.3, 0.4) is 0 Å². The van der Waals surface area contributed by atoms with Gasteiger partial charge in [0.15, 0.2) is 22.0 Å². The Morgan fingerprint density at radius 3 is 2.18 bits per heavy atom. The third-order valence-corrected chi connectivity index (χ3v) is 6.24. The number of halogens is 4. The summed E-state index contributed by atoms with van der Waals surface area (Å²) < 4.78 is 63.4. The Morgan fingerprint density at radius 2 is 1.59 bits per heavy atom. The predicted molar refractivity (Wildman–Crippen MR) is 120 cm³/mol. The minimum atomic E-state index is -6.09. The standard InChI is InChI=1S/C23H24N2.CHF3O3S.HI/c1-23(2)19-9-5-6-10-21(19)25(4)22(23)14-12-17-11-13-20-18(16-17)8-7-15-24(20)3;2-1(3,4)8(5,6)7;/h5-16H,1-4H3;(H,5,6,7);1H/q+2;;/p-2/b14-12+;;. The zero-order valence-corrected chi connectivity index (χ0v) is 21.9. The highest BCUT2D eigenvalue weighted by Gasteiger charge is 2.42. The molecule has 0 fully saturated rings. The zero-order chi connectivity index (χ0) is 24.6. The molecule has 0 spiro atoms. The minimum absolute atomic E-state index is 0. The molecule has 0 saturated heterocycles. The van der Waals surface area contributed by atoms with Crippen LogP contribution in [0.5, 0.6) is 0 Å². The summed E-state index contributed by atoms with van der Waals surface area (Å²) in [6.07, 6.45) is 6.58. The van der Waals surface area contributed by atoms with Crippen LogP contribution in [0, 0.1) is 0 Å². The second-order valence-electron chi connectivity index (χ2n) is 8.26.